The fourth-order valence-electron chi connectivity index (χ4n) is 0.595. The molecule has 0 aliphatic heterocycles. The minimum atomic E-state index is -0.640. The van der Waals surface area contributed by atoms with Crippen LogP contribution in [0, 0.1) is 0 Å². The van der Waals surface area contributed by atoms with Gasteiger partial charge in [0.05, 0.1) is 10.9 Å². The molecule has 0 bridgehead atoms. The lowest BCUT2D eigenvalue weighted by Crippen LogP contribution is -2.21. The number of thioether (sulfide) groups is 1. The van der Waals surface area contributed by atoms with Gasteiger partial charge >= 0.3 is 6.03 Å². The smallest absolute Gasteiger partial charge is 0.334 e. The molecule has 5 heteroatoms. The minimum absolute atomic E-state index is 0.326. The molecule has 0 unspecified atom stereocenters. The number of pyridine rings is 1. The predicted molar refractivity (Wildman–Crippen MR) is 46.7 cm³/mol. The maximum Gasteiger partial charge on any atom is 0.334 e. The van der Waals surface area contributed by atoms with E-state index in [1.807, 2.05) is 18.2 Å². The van der Waals surface area contributed by atoms with Gasteiger partial charge in [0.1, 0.15) is 0 Å². The van der Waals surface area contributed by atoms with Crippen LogP contribution in [0.25, 0.3) is 0 Å². The van der Waals surface area contributed by atoms with Gasteiger partial charge in [-0.1, -0.05) is 17.8 Å². The van der Waals surface area contributed by atoms with Gasteiger partial charge in [0, 0.05) is 6.20 Å². The second-order valence-electron chi connectivity index (χ2n) is 1.94. The van der Waals surface area contributed by atoms with Gasteiger partial charge in [-0.15, -0.1) is 0 Å². The normalized spacial score (nSPS) is 9.33. The van der Waals surface area contributed by atoms with Gasteiger partial charge in [-0.05, 0) is 12.1 Å². The van der Waals surface area contributed by atoms with E-state index in [0.29, 0.717) is 5.88 Å². The first-order chi connectivity index (χ1) is 5.79. The van der Waals surface area contributed by atoms with Crippen LogP contribution in [0.15, 0.2) is 29.4 Å². The summed E-state index contributed by atoms with van der Waals surface area (Å²) in [5.74, 6) is 0.326. The van der Waals surface area contributed by atoms with Gasteiger partial charge < -0.3 is 5.73 Å². The Labute approximate surface area is 74.6 Å². The van der Waals surface area contributed by atoms with Gasteiger partial charge in [0.2, 0.25) is 0 Å². The van der Waals surface area contributed by atoms with Crippen molar-refractivity contribution in [2.24, 2.45) is 5.73 Å². The zero-order valence-corrected chi connectivity index (χ0v) is 7.12. The van der Waals surface area contributed by atoms with E-state index in [2.05, 4.69) is 10.3 Å². The number of urea groups is 1. The van der Waals surface area contributed by atoms with Crippen molar-refractivity contribution in [3.8, 4) is 0 Å². The second kappa shape index (κ2) is 4.61. The SMILES string of the molecule is NC(=O)[N]CSc1ccccn1. The van der Waals surface area contributed by atoms with Crippen LogP contribution in [-0.4, -0.2) is 16.9 Å². The van der Waals surface area contributed by atoms with Crippen LogP contribution in [0.4, 0.5) is 4.79 Å². The number of primary amides is 1. The highest BCUT2D eigenvalue weighted by Crippen LogP contribution is 2.11. The number of carbonyl (C=O) groups is 1. The molecular formula is C7H8N3OS. The zero-order chi connectivity index (χ0) is 8.81. The summed E-state index contributed by atoms with van der Waals surface area (Å²) >= 11 is 1.37. The van der Waals surface area contributed by atoms with Crippen LogP contribution in [0.1, 0.15) is 0 Å². The van der Waals surface area contributed by atoms with E-state index in [1.54, 1.807) is 6.20 Å². The number of nitrogens with zero attached hydrogens (tertiary/aromatic N) is 2. The van der Waals surface area contributed by atoms with Crippen molar-refractivity contribution in [3.63, 3.8) is 0 Å². The lowest BCUT2D eigenvalue weighted by atomic mass is 10.5. The number of rotatable bonds is 3. The molecule has 0 saturated carbocycles. The number of hydrogen-bond donors (Lipinski definition) is 1. The molecule has 0 spiro atoms. The molecule has 63 valence electrons. The lowest BCUT2D eigenvalue weighted by Gasteiger charge is -1.97. The van der Waals surface area contributed by atoms with Crippen molar-refractivity contribution in [1.82, 2.24) is 10.3 Å². The van der Waals surface area contributed by atoms with Gasteiger partial charge in [-0.3, -0.25) is 0 Å². The van der Waals surface area contributed by atoms with Crippen LogP contribution in [-0.2, 0) is 0 Å². The van der Waals surface area contributed by atoms with Crippen LogP contribution < -0.4 is 11.1 Å². The molecule has 4 nitrogen and oxygen atoms in total. The highest BCUT2D eigenvalue weighted by Gasteiger charge is 1.96. The molecule has 0 aliphatic carbocycles. The van der Waals surface area contributed by atoms with E-state index >= 15 is 0 Å². The van der Waals surface area contributed by atoms with Crippen LogP contribution >= 0.6 is 11.8 Å². The summed E-state index contributed by atoms with van der Waals surface area (Å²) in [4.78, 5) is 14.2. The topological polar surface area (TPSA) is 70.1 Å². The number of aromatic nitrogens is 1. The summed E-state index contributed by atoms with van der Waals surface area (Å²) in [6.45, 7) is 0. The van der Waals surface area contributed by atoms with Crippen molar-refractivity contribution in [3.05, 3.63) is 24.4 Å². The molecule has 0 fully saturated rings. The van der Waals surface area contributed by atoms with Crippen LogP contribution in [0.3, 0.4) is 0 Å². The van der Waals surface area contributed by atoms with E-state index in [9.17, 15) is 4.79 Å². The number of carbonyl (C=O) groups excluding carboxylic acids is 1. The van der Waals surface area contributed by atoms with Crippen molar-refractivity contribution >= 4 is 17.8 Å². The van der Waals surface area contributed by atoms with E-state index in [1.165, 1.54) is 11.8 Å². The molecule has 1 aromatic rings. The molecule has 1 radical (unpaired) electrons. The first-order valence-electron chi connectivity index (χ1n) is 3.30. The Balaban J connectivity index is 2.29. The maximum absolute atomic E-state index is 10.2. The molecule has 0 aromatic carbocycles. The lowest BCUT2D eigenvalue weighted by molar-refractivity contribution is 0.250. The Hall–Kier alpha value is -1.23. The van der Waals surface area contributed by atoms with Gasteiger partial charge in [-0.25, -0.2) is 15.1 Å². The molecule has 2 N–H and O–H groups in total. The van der Waals surface area contributed by atoms with E-state index in [4.69, 9.17) is 5.73 Å². The Morgan fingerprint density at radius 1 is 1.67 bits per heavy atom. The Bertz CT molecular complexity index is 252. The fourth-order valence-corrected chi connectivity index (χ4v) is 1.23. The molecule has 12 heavy (non-hydrogen) atoms. The fraction of sp³-hybridized carbons (Fsp3) is 0.143. The van der Waals surface area contributed by atoms with Crippen molar-refractivity contribution in [2.45, 2.75) is 5.03 Å². The van der Waals surface area contributed by atoms with Gasteiger partial charge in [0.15, 0.2) is 0 Å². The molecule has 2 amide bonds. The van der Waals surface area contributed by atoms with E-state index in [-0.39, 0.29) is 0 Å². The third-order valence-electron chi connectivity index (χ3n) is 1.07. The Morgan fingerprint density at radius 3 is 3.08 bits per heavy atom. The van der Waals surface area contributed by atoms with Crippen molar-refractivity contribution < 1.29 is 4.79 Å². The number of nitrogens with two attached hydrogens (primary N) is 1. The van der Waals surface area contributed by atoms with E-state index < -0.39 is 6.03 Å². The van der Waals surface area contributed by atoms with Crippen LogP contribution in [0.5, 0.6) is 0 Å². The van der Waals surface area contributed by atoms with Gasteiger partial charge in [0.25, 0.3) is 0 Å². The summed E-state index contributed by atoms with van der Waals surface area (Å²) in [5, 5.41) is 4.32. The summed E-state index contributed by atoms with van der Waals surface area (Å²) in [7, 11) is 0. The third-order valence-corrected chi connectivity index (χ3v) is 1.87. The molecule has 0 atom stereocenters. The molecule has 1 rings (SSSR count). The highest BCUT2D eigenvalue weighted by molar-refractivity contribution is 7.99. The minimum Gasteiger partial charge on any atom is -0.350 e. The quantitative estimate of drug-likeness (QED) is 0.703. The van der Waals surface area contributed by atoms with Gasteiger partial charge in [-0.2, -0.15) is 0 Å². The van der Waals surface area contributed by atoms with Crippen molar-refractivity contribution in [2.75, 3.05) is 5.88 Å². The maximum atomic E-state index is 10.2. The Morgan fingerprint density at radius 2 is 2.50 bits per heavy atom. The first-order valence-corrected chi connectivity index (χ1v) is 4.28. The summed E-state index contributed by atoms with van der Waals surface area (Å²) in [6, 6.07) is 4.91. The number of hydrogen-bond acceptors (Lipinski definition) is 3. The molecule has 0 aliphatic rings. The highest BCUT2D eigenvalue weighted by atomic mass is 32.2. The summed E-state index contributed by atoms with van der Waals surface area (Å²) in [5.41, 5.74) is 4.82. The van der Waals surface area contributed by atoms with E-state index in [0.717, 1.165) is 5.03 Å². The number of amides is 2. The molecule has 1 aromatic heterocycles. The average Bonchev–Trinajstić information content (AvgIpc) is 2.05. The average molecular weight is 182 g/mol. The second-order valence-corrected chi connectivity index (χ2v) is 2.90. The van der Waals surface area contributed by atoms with Crippen LogP contribution in [0.2, 0.25) is 0 Å². The zero-order valence-electron chi connectivity index (χ0n) is 6.30. The third kappa shape index (κ3) is 3.25. The standard InChI is InChI=1S/C7H8N3OS/c8-7(11)10-5-12-6-3-1-2-4-9-6/h1-4H,5H2,(H2,8,11). The molecule has 0 saturated heterocycles. The Kier molecular flexibility index (Phi) is 3.40. The monoisotopic (exact) mass is 182 g/mol. The first kappa shape index (κ1) is 8.86. The van der Waals surface area contributed by atoms with Crippen molar-refractivity contribution in [1.29, 1.82) is 0 Å². The molecule has 1 heterocycles. The summed E-state index contributed by atoms with van der Waals surface area (Å²) in [6.07, 6.45) is 1.69. The summed E-state index contributed by atoms with van der Waals surface area (Å²) < 4.78 is 0. The predicted octanol–water partition coefficient (Wildman–Crippen LogP) is 0.814. The largest absolute Gasteiger partial charge is 0.350 e. The molecular weight excluding hydrogens is 174 g/mol.